The van der Waals surface area contributed by atoms with E-state index in [9.17, 15) is 0 Å². The van der Waals surface area contributed by atoms with Crippen LogP contribution in [-0.4, -0.2) is 68.9 Å². The molecule has 1 aromatic carbocycles. The topological polar surface area (TPSA) is 60.9 Å². The Bertz CT molecular complexity index is 651. The number of likely N-dealkylation sites (tertiary alicyclic amines) is 1. The average molecular weight is 430 g/mol. The van der Waals surface area contributed by atoms with E-state index < -0.39 is 0 Å². The zero-order valence-electron chi connectivity index (χ0n) is 19.8. The highest BCUT2D eigenvalue weighted by molar-refractivity contribution is 5.80. The summed E-state index contributed by atoms with van der Waals surface area (Å²) in [7, 11) is 1.88. The molecule has 0 aromatic heterocycles. The van der Waals surface area contributed by atoms with E-state index in [2.05, 4.69) is 70.0 Å². The van der Waals surface area contributed by atoms with E-state index in [1.807, 2.05) is 7.05 Å². The summed E-state index contributed by atoms with van der Waals surface area (Å²) in [5, 5.41) is 11.2. The second-order valence-corrected chi connectivity index (χ2v) is 9.21. The number of hydrogen-bond donors (Lipinski definition) is 3. The van der Waals surface area contributed by atoms with Crippen LogP contribution < -0.4 is 16.0 Å². The Morgan fingerprint density at radius 2 is 1.90 bits per heavy atom. The van der Waals surface area contributed by atoms with E-state index >= 15 is 0 Å². The summed E-state index contributed by atoms with van der Waals surface area (Å²) < 4.78 is 5.69. The fraction of sp³-hybridized carbons (Fsp3) is 0.720. The van der Waals surface area contributed by atoms with Crippen molar-refractivity contribution in [1.29, 1.82) is 0 Å². The molecule has 2 saturated heterocycles. The van der Waals surface area contributed by atoms with Crippen molar-refractivity contribution in [3.63, 3.8) is 0 Å². The van der Waals surface area contributed by atoms with Crippen LogP contribution in [0.3, 0.4) is 0 Å². The number of benzene rings is 1. The van der Waals surface area contributed by atoms with Crippen molar-refractivity contribution in [1.82, 2.24) is 20.9 Å². The van der Waals surface area contributed by atoms with Crippen LogP contribution in [0.2, 0.25) is 0 Å². The second kappa shape index (κ2) is 12.4. The summed E-state index contributed by atoms with van der Waals surface area (Å²) in [4.78, 5) is 7.13. The Hall–Kier alpha value is -1.63. The van der Waals surface area contributed by atoms with Gasteiger partial charge in [-0.05, 0) is 51.1 Å². The van der Waals surface area contributed by atoms with Gasteiger partial charge in [-0.1, -0.05) is 43.7 Å². The van der Waals surface area contributed by atoms with E-state index in [0.717, 1.165) is 38.6 Å². The normalized spacial score (nSPS) is 21.6. The Labute approximate surface area is 189 Å². The van der Waals surface area contributed by atoms with E-state index in [-0.39, 0.29) is 5.54 Å². The second-order valence-electron chi connectivity index (χ2n) is 9.21. The van der Waals surface area contributed by atoms with E-state index in [1.54, 1.807) is 0 Å². The summed E-state index contributed by atoms with van der Waals surface area (Å²) in [5.41, 5.74) is 1.33. The molecule has 174 valence electrons. The first-order valence-electron chi connectivity index (χ1n) is 12.2. The van der Waals surface area contributed by atoms with Gasteiger partial charge in [0, 0.05) is 57.5 Å². The van der Waals surface area contributed by atoms with Gasteiger partial charge in [0.25, 0.3) is 0 Å². The number of nitrogens with one attached hydrogen (secondary N) is 3. The number of guanidine groups is 1. The molecule has 1 atom stereocenters. The molecule has 1 unspecified atom stereocenters. The standard InChI is InChI=1S/C25H43N5O/c1-4-5-15-30-16-11-23(12-17-30)28-24(26-3)27-20-25(13-18-31-19-14-25)29-21(2)22-9-7-6-8-10-22/h6-10,21,23,29H,4-5,11-20H2,1-3H3,(H2,26,27,28). The molecule has 31 heavy (non-hydrogen) atoms. The van der Waals surface area contributed by atoms with Crippen molar-refractivity contribution in [3.8, 4) is 0 Å². The van der Waals surface area contributed by atoms with Crippen molar-refractivity contribution < 1.29 is 4.74 Å². The van der Waals surface area contributed by atoms with Gasteiger partial charge in [0.2, 0.25) is 0 Å². The molecule has 0 aliphatic carbocycles. The quantitative estimate of drug-likeness (QED) is 0.415. The highest BCUT2D eigenvalue weighted by atomic mass is 16.5. The molecule has 2 aliphatic heterocycles. The van der Waals surface area contributed by atoms with Gasteiger partial charge >= 0.3 is 0 Å². The van der Waals surface area contributed by atoms with Gasteiger partial charge in [0.15, 0.2) is 5.96 Å². The molecule has 2 fully saturated rings. The third kappa shape index (κ3) is 7.48. The van der Waals surface area contributed by atoms with Crippen LogP contribution in [-0.2, 0) is 4.74 Å². The van der Waals surface area contributed by atoms with E-state index in [4.69, 9.17) is 4.74 Å². The van der Waals surface area contributed by atoms with Crippen LogP contribution in [0.1, 0.15) is 64.0 Å². The lowest BCUT2D eigenvalue weighted by molar-refractivity contribution is 0.0354. The largest absolute Gasteiger partial charge is 0.381 e. The SMILES string of the molecule is CCCCN1CCC(NC(=NC)NCC2(NC(C)c3ccccc3)CCOCC2)CC1. The first-order valence-corrected chi connectivity index (χ1v) is 12.2. The molecular formula is C25H43N5O. The molecular weight excluding hydrogens is 386 g/mol. The molecule has 6 nitrogen and oxygen atoms in total. The molecule has 3 N–H and O–H groups in total. The number of aliphatic imine (C=N–C) groups is 1. The van der Waals surface area contributed by atoms with Gasteiger partial charge < -0.3 is 25.6 Å². The minimum absolute atomic E-state index is 0.00858. The van der Waals surface area contributed by atoms with Crippen LogP contribution >= 0.6 is 0 Å². The summed E-state index contributed by atoms with van der Waals surface area (Å²) in [5.74, 6) is 0.923. The molecule has 1 aromatic rings. The highest BCUT2D eigenvalue weighted by Crippen LogP contribution is 2.25. The Morgan fingerprint density at radius 1 is 1.19 bits per heavy atom. The minimum atomic E-state index is 0.00858. The van der Waals surface area contributed by atoms with Gasteiger partial charge in [-0.3, -0.25) is 4.99 Å². The smallest absolute Gasteiger partial charge is 0.191 e. The molecule has 0 amide bonds. The number of nitrogens with zero attached hydrogens (tertiary/aromatic N) is 2. The number of ether oxygens (including phenoxy) is 1. The van der Waals surface area contributed by atoms with Gasteiger partial charge in [0.1, 0.15) is 0 Å². The van der Waals surface area contributed by atoms with Crippen LogP contribution in [0.4, 0.5) is 0 Å². The Morgan fingerprint density at radius 3 is 2.55 bits per heavy atom. The zero-order valence-corrected chi connectivity index (χ0v) is 19.8. The molecule has 2 aliphatic rings. The van der Waals surface area contributed by atoms with Gasteiger partial charge in [0.05, 0.1) is 0 Å². The highest BCUT2D eigenvalue weighted by Gasteiger charge is 2.34. The third-order valence-corrected chi connectivity index (χ3v) is 6.85. The van der Waals surface area contributed by atoms with Crippen LogP contribution in [0, 0.1) is 0 Å². The molecule has 0 spiro atoms. The summed E-state index contributed by atoms with van der Waals surface area (Å²) in [6.45, 7) is 10.6. The average Bonchev–Trinajstić information content (AvgIpc) is 2.82. The number of unbranched alkanes of at least 4 members (excludes halogenated alkanes) is 1. The summed E-state index contributed by atoms with van der Waals surface area (Å²) in [6, 6.07) is 11.5. The van der Waals surface area contributed by atoms with Crippen molar-refractivity contribution in [2.75, 3.05) is 46.4 Å². The Kier molecular flexibility index (Phi) is 9.62. The maximum Gasteiger partial charge on any atom is 0.191 e. The maximum absolute atomic E-state index is 5.69. The van der Waals surface area contributed by atoms with Crippen LogP contribution in [0.15, 0.2) is 35.3 Å². The first kappa shape index (κ1) is 24.0. The van der Waals surface area contributed by atoms with Crippen molar-refractivity contribution >= 4 is 5.96 Å². The van der Waals surface area contributed by atoms with Gasteiger partial charge in [-0.25, -0.2) is 0 Å². The van der Waals surface area contributed by atoms with E-state index in [1.165, 1.54) is 50.9 Å². The lowest BCUT2D eigenvalue weighted by Crippen LogP contribution is -2.59. The lowest BCUT2D eigenvalue weighted by Gasteiger charge is -2.41. The monoisotopic (exact) mass is 429 g/mol. The summed E-state index contributed by atoms with van der Waals surface area (Å²) >= 11 is 0. The molecule has 0 saturated carbocycles. The van der Waals surface area contributed by atoms with Crippen LogP contribution in [0.5, 0.6) is 0 Å². The predicted octanol–water partition coefficient (Wildman–Crippen LogP) is 3.32. The number of hydrogen-bond acceptors (Lipinski definition) is 4. The fourth-order valence-electron chi connectivity index (χ4n) is 4.74. The maximum atomic E-state index is 5.69. The van der Waals surface area contributed by atoms with Crippen molar-refractivity contribution in [3.05, 3.63) is 35.9 Å². The fourth-order valence-corrected chi connectivity index (χ4v) is 4.74. The molecule has 6 heteroatoms. The molecule has 2 heterocycles. The third-order valence-electron chi connectivity index (χ3n) is 6.85. The zero-order chi connectivity index (χ0) is 21.9. The van der Waals surface area contributed by atoms with Gasteiger partial charge in [-0.15, -0.1) is 0 Å². The number of rotatable bonds is 9. The summed E-state index contributed by atoms with van der Waals surface area (Å²) in [6.07, 6.45) is 6.97. The van der Waals surface area contributed by atoms with Crippen molar-refractivity contribution in [2.24, 2.45) is 4.99 Å². The van der Waals surface area contributed by atoms with Crippen LogP contribution in [0.25, 0.3) is 0 Å². The first-order chi connectivity index (χ1) is 15.1. The minimum Gasteiger partial charge on any atom is -0.381 e. The van der Waals surface area contributed by atoms with E-state index in [0.29, 0.717) is 12.1 Å². The van der Waals surface area contributed by atoms with Crippen molar-refractivity contribution in [2.45, 2.75) is 70.0 Å². The lowest BCUT2D eigenvalue weighted by atomic mass is 9.88. The number of piperidine rings is 1. The molecule has 3 rings (SSSR count). The predicted molar refractivity (Wildman–Crippen MR) is 130 cm³/mol. The Balaban J connectivity index is 1.51. The van der Waals surface area contributed by atoms with Gasteiger partial charge in [-0.2, -0.15) is 0 Å². The molecule has 0 radical (unpaired) electrons. The molecule has 0 bridgehead atoms.